The predicted molar refractivity (Wildman–Crippen MR) is 95.9 cm³/mol. The molecule has 1 amide bonds. The lowest BCUT2D eigenvalue weighted by molar-refractivity contribution is -0.128. The Balaban J connectivity index is 2.13. The zero-order valence-electron chi connectivity index (χ0n) is 14.8. The summed E-state index contributed by atoms with van der Waals surface area (Å²) in [5.74, 6) is 2.01. The van der Waals surface area contributed by atoms with Crippen molar-refractivity contribution in [3.8, 4) is 11.4 Å². The second kappa shape index (κ2) is 8.19. The molecule has 1 unspecified atom stereocenters. The van der Waals surface area contributed by atoms with E-state index in [1.165, 1.54) is 11.8 Å². The molecule has 0 N–H and O–H groups in total. The van der Waals surface area contributed by atoms with Crippen molar-refractivity contribution in [2.75, 3.05) is 19.9 Å². The van der Waals surface area contributed by atoms with Gasteiger partial charge in [-0.15, -0.1) is 10.2 Å². The van der Waals surface area contributed by atoms with Crippen molar-refractivity contribution in [2.45, 2.75) is 38.4 Å². The molecule has 0 aliphatic rings. The van der Waals surface area contributed by atoms with E-state index in [9.17, 15) is 4.79 Å². The van der Waals surface area contributed by atoms with Gasteiger partial charge in [0.15, 0.2) is 5.16 Å². The van der Waals surface area contributed by atoms with E-state index in [2.05, 4.69) is 17.1 Å². The molecule has 0 spiro atoms. The fourth-order valence-electron chi connectivity index (χ4n) is 2.21. The third-order valence-corrected chi connectivity index (χ3v) is 5.01. The van der Waals surface area contributed by atoms with Gasteiger partial charge < -0.3 is 9.64 Å². The third kappa shape index (κ3) is 4.08. The molecule has 1 heterocycles. The van der Waals surface area contributed by atoms with Crippen LogP contribution in [0.25, 0.3) is 5.69 Å². The molecule has 1 aromatic heterocycles. The van der Waals surface area contributed by atoms with Crippen LogP contribution in [0.15, 0.2) is 29.4 Å². The molecular formula is C17H24N4O2S. The van der Waals surface area contributed by atoms with E-state index in [4.69, 9.17) is 4.74 Å². The molecular weight excluding hydrogens is 324 g/mol. The highest BCUT2D eigenvalue weighted by Gasteiger charge is 2.17. The van der Waals surface area contributed by atoms with Crippen molar-refractivity contribution in [1.29, 1.82) is 0 Å². The first kappa shape index (κ1) is 18.3. The molecule has 0 saturated heterocycles. The van der Waals surface area contributed by atoms with Crippen LogP contribution in [-0.4, -0.2) is 51.5 Å². The van der Waals surface area contributed by atoms with E-state index in [-0.39, 0.29) is 11.9 Å². The van der Waals surface area contributed by atoms with Crippen LogP contribution in [0.4, 0.5) is 0 Å². The zero-order chi connectivity index (χ0) is 17.7. The van der Waals surface area contributed by atoms with Gasteiger partial charge in [-0.2, -0.15) is 0 Å². The summed E-state index contributed by atoms with van der Waals surface area (Å²) in [5, 5.41) is 9.06. The van der Waals surface area contributed by atoms with Crippen molar-refractivity contribution < 1.29 is 9.53 Å². The standard InChI is InChI=1S/C17H24N4O2S/c1-6-12(2)20(4)16(22)11-24-17-19-18-13(3)21(17)14-7-9-15(23-5)10-8-14/h7-10,12H,6,11H2,1-5H3. The van der Waals surface area contributed by atoms with Crippen molar-refractivity contribution >= 4 is 17.7 Å². The molecule has 0 aliphatic heterocycles. The van der Waals surface area contributed by atoms with E-state index in [0.717, 1.165) is 23.7 Å². The molecule has 130 valence electrons. The minimum absolute atomic E-state index is 0.0938. The van der Waals surface area contributed by atoms with E-state index >= 15 is 0 Å². The number of carbonyl (C=O) groups excluding carboxylic acids is 1. The number of benzene rings is 1. The van der Waals surface area contributed by atoms with Crippen molar-refractivity contribution in [1.82, 2.24) is 19.7 Å². The van der Waals surface area contributed by atoms with E-state index in [0.29, 0.717) is 10.9 Å². The Morgan fingerprint density at radius 1 is 1.33 bits per heavy atom. The maximum absolute atomic E-state index is 12.3. The van der Waals surface area contributed by atoms with Gasteiger partial charge in [-0.1, -0.05) is 18.7 Å². The Morgan fingerprint density at radius 3 is 2.58 bits per heavy atom. The minimum atomic E-state index is 0.0938. The van der Waals surface area contributed by atoms with Gasteiger partial charge in [0.1, 0.15) is 11.6 Å². The largest absolute Gasteiger partial charge is 0.497 e. The Labute approximate surface area is 147 Å². The number of aromatic nitrogens is 3. The number of thioether (sulfide) groups is 1. The van der Waals surface area contributed by atoms with Crippen LogP contribution in [0.3, 0.4) is 0 Å². The van der Waals surface area contributed by atoms with Gasteiger partial charge in [0.05, 0.1) is 12.9 Å². The van der Waals surface area contributed by atoms with Gasteiger partial charge >= 0.3 is 0 Å². The molecule has 0 radical (unpaired) electrons. The number of aryl methyl sites for hydroxylation is 1. The first-order chi connectivity index (χ1) is 11.5. The number of hydrogen-bond donors (Lipinski definition) is 0. The van der Waals surface area contributed by atoms with Crippen LogP contribution in [0.5, 0.6) is 5.75 Å². The highest BCUT2D eigenvalue weighted by atomic mass is 32.2. The second-order valence-electron chi connectivity index (χ2n) is 5.61. The van der Waals surface area contributed by atoms with E-state index < -0.39 is 0 Å². The molecule has 0 bridgehead atoms. The molecule has 0 fully saturated rings. The average Bonchev–Trinajstić information content (AvgIpc) is 2.98. The summed E-state index contributed by atoms with van der Waals surface area (Å²) in [4.78, 5) is 14.1. The summed E-state index contributed by atoms with van der Waals surface area (Å²) in [6, 6.07) is 7.92. The van der Waals surface area contributed by atoms with Gasteiger partial charge in [-0.3, -0.25) is 9.36 Å². The molecule has 0 saturated carbocycles. The molecule has 2 aromatic rings. The summed E-state index contributed by atoms with van der Waals surface area (Å²) in [6.07, 6.45) is 0.939. The van der Waals surface area contributed by atoms with E-state index in [1.54, 1.807) is 12.0 Å². The first-order valence-electron chi connectivity index (χ1n) is 7.92. The Kier molecular flexibility index (Phi) is 6.25. The molecule has 7 heteroatoms. The van der Waals surface area contributed by atoms with Crippen molar-refractivity contribution in [3.05, 3.63) is 30.1 Å². The van der Waals surface area contributed by atoms with Crippen LogP contribution in [0.2, 0.25) is 0 Å². The predicted octanol–water partition coefficient (Wildman–Crippen LogP) is 2.93. The number of ether oxygens (including phenoxy) is 1. The van der Waals surface area contributed by atoms with Gasteiger partial charge in [-0.25, -0.2) is 0 Å². The highest BCUT2D eigenvalue weighted by molar-refractivity contribution is 7.99. The van der Waals surface area contributed by atoms with Crippen LogP contribution < -0.4 is 4.74 Å². The molecule has 6 nitrogen and oxygen atoms in total. The summed E-state index contributed by atoms with van der Waals surface area (Å²) in [5.41, 5.74) is 0.948. The smallest absolute Gasteiger partial charge is 0.233 e. The number of nitrogens with zero attached hydrogens (tertiary/aromatic N) is 4. The van der Waals surface area contributed by atoms with Gasteiger partial charge in [0, 0.05) is 18.8 Å². The Bertz CT molecular complexity index is 684. The zero-order valence-corrected chi connectivity index (χ0v) is 15.6. The maximum atomic E-state index is 12.3. The number of rotatable bonds is 7. The number of amides is 1. The molecule has 1 atom stereocenters. The highest BCUT2D eigenvalue weighted by Crippen LogP contribution is 2.23. The van der Waals surface area contributed by atoms with Gasteiger partial charge in [0.25, 0.3) is 0 Å². The first-order valence-corrected chi connectivity index (χ1v) is 8.91. The number of hydrogen-bond acceptors (Lipinski definition) is 5. The number of carbonyl (C=O) groups is 1. The van der Waals surface area contributed by atoms with Crippen molar-refractivity contribution in [3.63, 3.8) is 0 Å². The summed E-state index contributed by atoms with van der Waals surface area (Å²) >= 11 is 1.40. The maximum Gasteiger partial charge on any atom is 0.233 e. The summed E-state index contributed by atoms with van der Waals surface area (Å²) in [6.45, 7) is 6.02. The monoisotopic (exact) mass is 348 g/mol. The van der Waals surface area contributed by atoms with Crippen LogP contribution in [0, 0.1) is 6.92 Å². The Hall–Kier alpha value is -2.02. The minimum Gasteiger partial charge on any atom is -0.497 e. The fourth-order valence-corrected chi connectivity index (χ4v) is 3.13. The lowest BCUT2D eigenvalue weighted by atomic mass is 10.2. The summed E-state index contributed by atoms with van der Waals surface area (Å²) < 4.78 is 7.13. The van der Waals surface area contributed by atoms with Crippen LogP contribution >= 0.6 is 11.8 Å². The van der Waals surface area contributed by atoms with Crippen LogP contribution in [-0.2, 0) is 4.79 Å². The Morgan fingerprint density at radius 2 is 2.00 bits per heavy atom. The fraction of sp³-hybridized carbons (Fsp3) is 0.471. The van der Waals surface area contributed by atoms with Crippen LogP contribution in [0.1, 0.15) is 26.1 Å². The molecule has 24 heavy (non-hydrogen) atoms. The van der Waals surface area contributed by atoms with Crippen molar-refractivity contribution in [2.24, 2.45) is 0 Å². The average molecular weight is 348 g/mol. The molecule has 1 aromatic carbocycles. The number of methoxy groups -OCH3 is 1. The summed E-state index contributed by atoms with van der Waals surface area (Å²) in [7, 11) is 3.48. The quantitative estimate of drug-likeness (QED) is 0.720. The second-order valence-corrected chi connectivity index (χ2v) is 6.56. The third-order valence-electron chi connectivity index (χ3n) is 4.10. The van der Waals surface area contributed by atoms with E-state index in [1.807, 2.05) is 49.7 Å². The molecule has 2 rings (SSSR count). The van der Waals surface area contributed by atoms with Gasteiger partial charge in [0.2, 0.25) is 5.91 Å². The normalized spacial score (nSPS) is 12.0. The molecule has 0 aliphatic carbocycles. The lowest BCUT2D eigenvalue weighted by Gasteiger charge is -2.23. The lowest BCUT2D eigenvalue weighted by Crippen LogP contribution is -2.35. The SMILES string of the molecule is CCC(C)N(C)C(=O)CSc1nnc(C)n1-c1ccc(OC)cc1. The van der Waals surface area contributed by atoms with Gasteiger partial charge in [-0.05, 0) is 44.5 Å². The topological polar surface area (TPSA) is 60.2 Å².